The lowest BCUT2D eigenvalue weighted by Gasteiger charge is -2.61. The highest BCUT2D eigenvalue weighted by molar-refractivity contribution is 5.09. The summed E-state index contributed by atoms with van der Waals surface area (Å²) in [6.45, 7) is 12.8. The van der Waals surface area contributed by atoms with Crippen molar-refractivity contribution in [3.8, 4) is 0 Å². The summed E-state index contributed by atoms with van der Waals surface area (Å²) in [4.78, 5) is 0. The zero-order valence-corrected chi connectivity index (χ0v) is 20.5. The molecule has 4 aliphatic rings. The highest BCUT2D eigenvalue weighted by Gasteiger charge is 2.60. The molecule has 1 nitrogen and oxygen atoms in total. The van der Waals surface area contributed by atoms with E-state index in [1.54, 1.807) is 0 Å². The largest absolute Gasteiger partial charge is 0.381 e. The van der Waals surface area contributed by atoms with Gasteiger partial charge in [-0.3, -0.25) is 0 Å². The molecule has 29 heavy (non-hydrogen) atoms. The van der Waals surface area contributed by atoms with Crippen LogP contribution in [0.5, 0.6) is 0 Å². The van der Waals surface area contributed by atoms with Gasteiger partial charge in [-0.15, -0.1) is 0 Å². The lowest BCUT2D eigenvalue weighted by Crippen LogP contribution is -2.54. The molecule has 0 aromatic heterocycles. The van der Waals surface area contributed by atoms with E-state index in [0.717, 1.165) is 41.4 Å². The van der Waals surface area contributed by atoms with Crippen LogP contribution in [-0.2, 0) is 4.74 Å². The van der Waals surface area contributed by atoms with Crippen molar-refractivity contribution in [1.29, 1.82) is 0 Å². The second-order valence-corrected chi connectivity index (χ2v) is 12.8. The lowest BCUT2D eigenvalue weighted by atomic mass is 9.44. The van der Waals surface area contributed by atoms with E-state index in [2.05, 4.69) is 34.6 Å². The molecule has 0 aromatic rings. The summed E-state index contributed by atoms with van der Waals surface area (Å²) in [5, 5.41) is 0. The molecule has 3 unspecified atom stereocenters. The molecule has 0 radical (unpaired) electrons. The Balaban J connectivity index is 1.45. The molecule has 0 spiro atoms. The van der Waals surface area contributed by atoms with Gasteiger partial charge in [0.1, 0.15) is 0 Å². The fourth-order valence-corrected chi connectivity index (χ4v) is 9.46. The van der Waals surface area contributed by atoms with Crippen LogP contribution >= 0.6 is 0 Å². The fraction of sp³-hybridized carbons (Fsp3) is 1.00. The standard InChI is InChI=1S/C28H50O/c1-19(2)8-7-9-20(3)24-12-13-25-23-11-10-21-18-22(29-6)14-16-27(21,4)26(23)15-17-28(24,25)5/h19-26H,7-18H2,1-6H3/t20-,21+,22+,23?,24-,25?,26?,27+,28-/m1/s1. The van der Waals surface area contributed by atoms with E-state index in [1.165, 1.54) is 77.0 Å². The third kappa shape index (κ3) is 3.85. The van der Waals surface area contributed by atoms with Crippen LogP contribution in [0.1, 0.15) is 112 Å². The van der Waals surface area contributed by atoms with Crippen LogP contribution in [0, 0.1) is 52.3 Å². The monoisotopic (exact) mass is 402 g/mol. The lowest BCUT2D eigenvalue weighted by molar-refractivity contribution is -0.133. The first kappa shape index (κ1) is 22.2. The zero-order chi connectivity index (χ0) is 20.8. The van der Waals surface area contributed by atoms with Crippen LogP contribution in [0.4, 0.5) is 0 Å². The minimum absolute atomic E-state index is 0.543. The third-order valence-electron chi connectivity index (χ3n) is 11.2. The van der Waals surface area contributed by atoms with E-state index in [-0.39, 0.29) is 0 Å². The average molecular weight is 403 g/mol. The van der Waals surface area contributed by atoms with Gasteiger partial charge in [0.05, 0.1) is 6.10 Å². The number of fused-ring (bicyclic) bond motifs is 5. The molecular formula is C28H50O. The topological polar surface area (TPSA) is 9.23 Å². The highest BCUT2D eigenvalue weighted by Crippen LogP contribution is 2.68. The van der Waals surface area contributed by atoms with Crippen LogP contribution in [0.25, 0.3) is 0 Å². The van der Waals surface area contributed by atoms with E-state index < -0.39 is 0 Å². The number of hydrogen-bond donors (Lipinski definition) is 0. The summed E-state index contributed by atoms with van der Waals surface area (Å²) in [5.74, 6) is 6.79. The summed E-state index contributed by atoms with van der Waals surface area (Å²) in [6, 6.07) is 0. The van der Waals surface area contributed by atoms with E-state index in [0.29, 0.717) is 16.9 Å². The van der Waals surface area contributed by atoms with Gasteiger partial charge in [-0.1, -0.05) is 53.9 Å². The summed E-state index contributed by atoms with van der Waals surface area (Å²) in [7, 11) is 1.94. The predicted molar refractivity (Wildman–Crippen MR) is 124 cm³/mol. The van der Waals surface area contributed by atoms with Crippen molar-refractivity contribution in [2.24, 2.45) is 52.3 Å². The normalized spacial score (nSPS) is 48.1. The molecule has 0 bridgehead atoms. The van der Waals surface area contributed by atoms with Gasteiger partial charge in [0.15, 0.2) is 0 Å². The maximum absolute atomic E-state index is 5.79. The van der Waals surface area contributed by atoms with Crippen molar-refractivity contribution in [1.82, 2.24) is 0 Å². The maximum Gasteiger partial charge on any atom is 0.0574 e. The van der Waals surface area contributed by atoms with Gasteiger partial charge in [-0.25, -0.2) is 0 Å². The minimum Gasteiger partial charge on any atom is -0.381 e. The van der Waals surface area contributed by atoms with Gasteiger partial charge in [-0.05, 0) is 110 Å². The van der Waals surface area contributed by atoms with Crippen molar-refractivity contribution >= 4 is 0 Å². The Morgan fingerprint density at radius 1 is 0.828 bits per heavy atom. The Kier molecular flexibility index (Phi) is 6.48. The molecule has 4 aliphatic carbocycles. The summed E-state index contributed by atoms with van der Waals surface area (Å²) >= 11 is 0. The van der Waals surface area contributed by atoms with Crippen molar-refractivity contribution in [2.45, 2.75) is 118 Å². The number of hydrogen-bond acceptors (Lipinski definition) is 1. The molecule has 9 atom stereocenters. The molecular weight excluding hydrogens is 352 g/mol. The average Bonchev–Trinajstić information content (AvgIpc) is 3.04. The first-order valence-corrected chi connectivity index (χ1v) is 13.3. The second kappa shape index (κ2) is 8.48. The van der Waals surface area contributed by atoms with Crippen LogP contribution in [0.15, 0.2) is 0 Å². The SMILES string of the molecule is CO[C@H]1CC[C@]2(C)C3CC[C@@]4(C)C(CC[C@@H]4[C@H](C)CCCC(C)C)C3CC[C@H]2C1. The smallest absolute Gasteiger partial charge is 0.0574 e. The minimum atomic E-state index is 0.543. The summed E-state index contributed by atoms with van der Waals surface area (Å²) in [5.41, 5.74) is 1.26. The van der Waals surface area contributed by atoms with Gasteiger partial charge < -0.3 is 4.74 Å². The van der Waals surface area contributed by atoms with Crippen molar-refractivity contribution in [3.05, 3.63) is 0 Å². The predicted octanol–water partition coefficient (Wildman–Crippen LogP) is 8.12. The molecule has 0 N–H and O–H groups in total. The zero-order valence-electron chi connectivity index (χ0n) is 20.5. The second-order valence-electron chi connectivity index (χ2n) is 12.8. The van der Waals surface area contributed by atoms with Crippen molar-refractivity contribution < 1.29 is 4.74 Å². The molecule has 4 saturated carbocycles. The van der Waals surface area contributed by atoms with E-state index in [4.69, 9.17) is 4.74 Å². The molecule has 0 saturated heterocycles. The Labute approximate surface area is 182 Å². The molecule has 0 aromatic carbocycles. The van der Waals surface area contributed by atoms with Gasteiger partial charge in [-0.2, -0.15) is 0 Å². The Morgan fingerprint density at radius 2 is 1.55 bits per heavy atom. The third-order valence-corrected chi connectivity index (χ3v) is 11.2. The Morgan fingerprint density at radius 3 is 2.28 bits per heavy atom. The summed E-state index contributed by atoms with van der Waals surface area (Å²) < 4.78 is 5.79. The van der Waals surface area contributed by atoms with Gasteiger partial charge in [0, 0.05) is 7.11 Å². The van der Waals surface area contributed by atoms with Gasteiger partial charge >= 0.3 is 0 Å². The molecule has 4 fully saturated rings. The molecule has 0 amide bonds. The molecule has 168 valence electrons. The first-order chi connectivity index (χ1) is 13.8. The van der Waals surface area contributed by atoms with E-state index >= 15 is 0 Å². The van der Waals surface area contributed by atoms with Crippen molar-refractivity contribution in [2.75, 3.05) is 7.11 Å². The first-order valence-electron chi connectivity index (χ1n) is 13.3. The number of ether oxygens (including phenoxy) is 1. The number of rotatable bonds is 6. The molecule has 0 heterocycles. The maximum atomic E-state index is 5.79. The van der Waals surface area contributed by atoms with Crippen LogP contribution in [0.3, 0.4) is 0 Å². The molecule has 4 rings (SSSR count). The van der Waals surface area contributed by atoms with Crippen LogP contribution in [-0.4, -0.2) is 13.2 Å². The van der Waals surface area contributed by atoms with Gasteiger partial charge in [0.25, 0.3) is 0 Å². The highest BCUT2D eigenvalue weighted by atomic mass is 16.5. The Hall–Kier alpha value is -0.0400. The fourth-order valence-electron chi connectivity index (χ4n) is 9.46. The Bertz CT molecular complexity index is 555. The summed E-state index contributed by atoms with van der Waals surface area (Å²) in [6.07, 6.45) is 18.1. The molecule has 0 aliphatic heterocycles. The number of methoxy groups -OCH3 is 1. The van der Waals surface area contributed by atoms with Crippen LogP contribution in [0.2, 0.25) is 0 Å². The quantitative estimate of drug-likeness (QED) is 0.436. The van der Waals surface area contributed by atoms with Crippen LogP contribution < -0.4 is 0 Å². The van der Waals surface area contributed by atoms with E-state index in [1.807, 2.05) is 7.11 Å². The molecule has 1 heteroatoms. The van der Waals surface area contributed by atoms with Gasteiger partial charge in [0.2, 0.25) is 0 Å². The van der Waals surface area contributed by atoms with Crippen molar-refractivity contribution in [3.63, 3.8) is 0 Å². The van der Waals surface area contributed by atoms with E-state index in [9.17, 15) is 0 Å².